The van der Waals surface area contributed by atoms with E-state index < -0.39 is 9.84 Å². The molecule has 0 amide bonds. The number of nitrogen functional groups attached to an aromatic ring is 1. The summed E-state index contributed by atoms with van der Waals surface area (Å²) in [6, 6.07) is 13.5. The van der Waals surface area contributed by atoms with Gasteiger partial charge in [-0.15, -0.1) is 0 Å². The van der Waals surface area contributed by atoms with E-state index in [1.54, 1.807) is 18.2 Å². The monoisotopic (exact) mass is 437 g/mol. The third-order valence-electron chi connectivity index (χ3n) is 5.78. The Balaban J connectivity index is 1.52. The molecule has 162 valence electrons. The van der Waals surface area contributed by atoms with Gasteiger partial charge in [0.25, 0.3) is 0 Å². The molecule has 0 saturated carbocycles. The van der Waals surface area contributed by atoms with E-state index >= 15 is 0 Å². The molecule has 0 unspecified atom stereocenters. The van der Waals surface area contributed by atoms with Crippen molar-refractivity contribution in [3.63, 3.8) is 0 Å². The van der Waals surface area contributed by atoms with Crippen molar-refractivity contribution in [2.75, 3.05) is 41.7 Å². The molecule has 0 radical (unpaired) electrons. The van der Waals surface area contributed by atoms with Crippen LogP contribution in [0.4, 0.5) is 17.5 Å². The Labute approximate surface area is 183 Å². The fourth-order valence-electron chi connectivity index (χ4n) is 3.73. The first-order valence-electron chi connectivity index (χ1n) is 10.3. The summed E-state index contributed by atoms with van der Waals surface area (Å²) in [6.07, 6.45) is 1.33. The van der Waals surface area contributed by atoms with Gasteiger partial charge in [-0.3, -0.25) is 0 Å². The van der Waals surface area contributed by atoms with E-state index in [4.69, 9.17) is 5.73 Å². The predicted molar refractivity (Wildman–Crippen MR) is 123 cm³/mol. The summed E-state index contributed by atoms with van der Waals surface area (Å²) in [4.78, 5) is 13.2. The number of aryl methyl sites for hydroxylation is 3. The van der Waals surface area contributed by atoms with Gasteiger partial charge in [-0.2, -0.15) is 4.98 Å². The van der Waals surface area contributed by atoms with Crippen LogP contribution in [0.15, 0.2) is 58.5 Å². The molecule has 3 aromatic rings. The van der Waals surface area contributed by atoms with Crippen molar-refractivity contribution in [3.8, 4) is 0 Å². The molecule has 2 aromatic carbocycles. The van der Waals surface area contributed by atoms with Crippen molar-refractivity contribution in [3.05, 3.63) is 65.4 Å². The number of piperazine rings is 1. The topological polar surface area (TPSA) is 92.4 Å². The third kappa shape index (κ3) is 4.20. The van der Waals surface area contributed by atoms with Crippen LogP contribution < -0.4 is 15.5 Å². The zero-order valence-electron chi connectivity index (χ0n) is 18.0. The maximum atomic E-state index is 13.1. The lowest BCUT2D eigenvalue weighted by atomic mass is 10.1. The van der Waals surface area contributed by atoms with Crippen LogP contribution in [0.5, 0.6) is 0 Å². The molecular formula is C23H27N5O2S. The van der Waals surface area contributed by atoms with Crippen LogP contribution in [-0.4, -0.2) is 44.6 Å². The van der Waals surface area contributed by atoms with Crippen molar-refractivity contribution >= 4 is 27.3 Å². The van der Waals surface area contributed by atoms with Crippen LogP contribution in [0.1, 0.15) is 16.7 Å². The minimum absolute atomic E-state index is 0.0238. The van der Waals surface area contributed by atoms with Gasteiger partial charge in [0, 0.05) is 31.9 Å². The Hall–Kier alpha value is -3.13. The largest absolute Gasteiger partial charge is 0.382 e. The summed E-state index contributed by atoms with van der Waals surface area (Å²) < 4.78 is 26.1. The summed E-state index contributed by atoms with van der Waals surface area (Å²) in [5.74, 6) is 0.435. The number of nitrogens with two attached hydrogens (primary N) is 1. The third-order valence-corrected chi connectivity index (χ3v) is 7.55. The van der Waals surface area contributed by atoms with Crippen LogP contribution in [0, 0.1) is 20.8 Å². The SMILES string of the molecule is Cc1cccc(N2CCN(c3ncc(S(=O)(=O)c4ccc(C)c(C)c4)c(N)n3)CC2)c1. The van der Waals surface area contributed by atoms with Crippen LogP contribution in [0.2, 0.25) is 0 Å². The van der Waals surface area contributed by atoms with Gasteiger partial charge < -0.3 is 15.5 Å². The lowest BCUT2D eigenvalue weighted by Gasteiger charge is -2.36. The molecule has 31 heavy (non-hydrogen) atoms. The highest BCUT2D eigenvalue weighted by Gasteiger charge is 2.25. The molecule has 7 nitrogen and oxygen atoms in total. The second kappa shape index (κ2) is 8.19. The van der Waals surface area contributed by atoms with Crippen molar-refractivity contribution in [2.24, 2.45) is 0 Å². The second-order valence-electron chi connectivity index (χ2n) is 7.98. The van der Waals surface area contributed by atoms with E-state index in [0.717, 1.165) is 37.3 Å². The van der Waals surface area contributed by atoms with Crippen molar-refractivity contribution < 1.29 is 8.42 Å². The molecule has 2 N–H and O–H groups in total. The first-order valence-corrected chi connectivity index (χ1v) is 11.8. The van der Waals surface area contributed by atoms with E-state index in [9.17, 15) is 8.42 Å². The average molecular weight is 438 g/mol. The smallest absolute Gasteiger partial charge is 0.227 e. The highest BCUT2D eigenvalue weighted by atomic mass is 32.2. The molecule has 2 heterocycles. The molecule has 1 aromatic heterocycles. The molecule has 1 aliphatic heterocycles. The molecule has 0 bridgehead atoms. The van der Waals surface area contributed by atoms with Gasteiger partial charge in [-0.25, -0.2) is 13.4 Å². The number of benzene rings is 2. The average Bonchev–Trinajstić information content (AvgIpc) is 2.75. The molecule has 1 aliphatic rings. The summed E-state index contributed by atoms with van der Waals surface area (Å²) in [7, 11) is -3.78. The van der Waals surface area contributed by atoms with Gasteiger partial charge >= 0.3 is 0 Å². The Morgan fingerprint density at radius 2 is 1.61 bits per heavy atom. The van der Waals surface area contributed by atoms with E-state index in [1.165, 1.54) is 17.4 Å². The Morgan fingerprint density at radius 3 is 2.26 bits per heavy atom. The Bertz CT molecular complexity index is 1220. The van der Waals surface area contributed by atoms with E-state index in [1.807, 2.05) is 18.7 Å². The van der Waals surface area contributed by atoms with Gasteiger partial charge in [-0.05, 0) is 61.7 Å². The lowest BCUT2D eigenvalue weighted by Crippen LogP contribution is -2.47. The van der Waals surface area contributed by atoms with Crippen LogP contribution in [0.25, 0.3) is 0 Å². The molecule has 1 saturated heterocycles. The van der Waals surface area contributed by atoms with E-state index in [2.05, 4.69) is 46.1 Å². The van der Waals surface area contributed by atoms with Gasteiger partial charge in [0.05, 0.1) is 11.1 Å². The van der Waals surface area contributed by atoms with Crippen LogP contribution in [-0.2, 0) is 9.84 Å². The second-order valence-corrected chi connectivity index (χ2v) is 9.90. The molecule has 8 heteroatoms. The number of hydrogen-bond donors (Lipinski definition) is 1. The summed E-state index contributed by atoms with van der Waals surface area (Å²) in [5, 5.41) is 0. The number of nitrogens with zero attached hydrogens (tertiary/aromatic N) is 4. The van der Waals surface area contributed by atoms with Gasteiger partial charge in [0.15, 0.2) is 0 Å². The minimum atomic E-state index is -3.78. The first-order chi connectivity index (χ1) is 14.8. The zero-order valence-corrected chi connectivity index (χ0v) is 18.9. The molecule has 0 atom stereocenters. The van der Waals surface area contributed by atoms with Crippen molar-refractivity contribution in [1.82, 2.24) is 9.97 Å². The molecular weight excluding hydrogens is 410 g/mol. The molecule has 0 spiro atoms. The normalized spacial score (nSPS) is 14.7. The summed E-state index contributed by atoms with van der Waals surface area (Å²) in [5.41, 5.74) is 10.5. The minimum Gasteiger partial charge on any atom is -0.382 e. The predicted octanol–water partition coefficient (Wildman–Crippen LogP) is 3.14. The number of rotatable bonds is 4. The van der Waals surface area contributed by atoms with Crippen LogP contribution in [0.3, 0.4) is 0 Å². The fraction of sp³-hybridized carbons (Fsp3) is 0.304. The first kappa shape index (κ1) is 21.1. The number of aromatic nitrogens is 2. The number of anilines is 3. The Kier molecular flexibility index (Phi) is 5.58. The lowest BCUT2D eigenvalue weighted by molar-refractivity contribution is 0.595. The maximum Gasteiger partial charge on any atom is 0.227 e. The zero-order chi connectivity index (χ0) is 22.2. The maximum absolute atomic E-state index is 13.1. The standard InChI is InChI=1S/C23H27N5O2S/c1-16-5-4-6-19(13-16)27-9-11-28(12-10-27)23-25-15-21(22(24)26-23)31(29,30)20-8-7-17(2)18(3)14-20/h4-8,13-15H,9-12H2,1-3H3,(H2,24,25,26). The summed E-state index contributed by atoms with van der Waals surface area (Å²) in [6.45, 7) is 9.03. The summed E-state index contributed by atoms with van der Waals surface area (Å²) >= 11 is 0. The van der Waals surface area contributed by atoms with Crippen molar-refractivity contribution in [2.45, 2.75) is 30.6 Å². The van der Waals surface area contributed by atoms with Gasteiger partial charge in [-0.1, -0.05) is 18.2 Å². The molecule has 0 aliphatic carbocycles. The highest BCUT2D eigenvalue weighted by Crippen LogP contribution is 2.27. The molecule has 4 rings (SSSR count). The van der Waals surface area contributed by atoms with Gasteiger partial charge in [0.2, 0.25) is 15.8 Å². The van der Waals surface area contributed by atoms with Crippen molar-refractivity contribution in [1.29, 1.82) is 0 Å². The molecule has 1 fully saturated rings. The quantitative estimate of drug-likeness (QED) is 0.670. The Morgan fingerprint density at radius 1 is 0.903 bits per heavy atom. The van der Waals surface area contributed by atoms with Gasteiger partial charge in [0.1, 0.15) is 10.7 Å². The van der Waals surface area contributed by atoms with E-state index in [-0.39, 0.29) is 15.6 Å². The van der Waals surface area contributed by atoms with Crippen LogP contribution >= 0.6 is 0 Å². The fourth-order valence-corrected chi connectivity index (χ4v) is 5.08. The number of hydrogen-bond acceptors (Lipinski definition) is 7. The highest BCUT2D eigenvalue weighted by molar-refractivity contribution is 7.91. The van der Waals surface area contributed by atoms with E-state index in [0.29, 0.717) is 5.95 Å². The number of sulfone groups is 1.